The summed E-state index contributed by atoms with van der Waals surface area (Å²) in [5.74, 6) is -0.113. The lowest BCUT2D eigenvalue weighted by atomic mass is 10.0. The molecule has 0 aliphatic heterocycles. The van der Waals surface area contributed by atoms with Gasteiger partial charge in [-0.05, 0) is 42.0 Å². The molecule has 3 rings (SSSR count). The van der Waals surface area contributed by atoms with Crippen LogP contribution in [0.2, 0.25) is 0 Å². The van der Waals surface area contributed by atoms with Crippen LogP contribution >= 0.6 is 0 Å². The van der Waals surface area contributed by atoms with Crippen molar-refractivity contribution in [2.24, 2.45) is 0 Å². The van der Waals surface area contributed by atoms with E-state index in [4.69, 9.17) is 0 Å². The highest BCUT2D eigenvalue weighted by Crippen LogP contribution is 2.19. The van der Waals surface area contributed by atoms with Crippen LogP contribution in [0.5, 0.6) is 0 Å². The SMILES string of the molecule is Cc1ccc2cc(CNS(=O)(=O)Cc3ccccc3)c(=O)[nH]c2c1C. The maximum Gasteiger partial charge on any atom is 0.252 e. The molecular formula is C19H20N2O3S. The number of benzene rings is 2. The van der Waals surface area contributed by atoms with Crippen LogP contribution in [0, 0.1) is 13.8 Å². The molecule has 0 radical (unpaired) electrons. The van der Waals surface area contributed by atoms with Gasteiger partial charge in [0.15, 0.2) is 0 Å². The molecule has 1 heterocycles. The van der Waals surface area contributed by atoms with E-state index >= 15 is 0 Å². The van der Waals surface area contributed by atoms with Gasteiger partial charge in [-0.25, -0.2) is 13.1 Å². The smallest absolute Gasteiger partial charge is 0.252 e. The third kappa shape index (κ3) is 3.97. The third-order valence-corrected chi connectivity index (χ3v) is 5.61. The van der Waals surface area contributed by atoms with E-state index in [0.717, 1.165) is 22.0 Å². The summed E-state index contributed by atoms with van der Waals surface area (Å²) in [6.45, 7) is 3.90. The Morgan fingerprint density at radius 3 is 2.48 bits per heavy atom. The van der Waals surface area contributed by atoms with Crippen LogP contribution in [-0.4, -0.2) is 13.4 Å². The standard InChI is InChI=1S/C19H20N2O3S/c1-13-8-9-16-10-17(19(22)21-18(16)14(13)2)11-20-25(23,24)12-15-6-4-3-5-7-15/h3-10,20H,11-12H2,1-2H3,(H,21,22). The average molecular weight is 356 g/mol. The summed E-state index contributed by atoms with van der Waals surface area (Å²) in [4.78, 5) is 15.1. The van der Waals surface area contributed by atoms with E-state index in [1.54, 1.807) is 30.3 Å². The quantitative estimate of drug-likeness (QED) is 0.738. The van der Waals surface area contributed by atoms with Crippen LogP contribution in [0.15, 0.2) is 53.3 Å². The van der Waals surface area contributed by atoms with Gasteiger partial charge in [-0.3, -0.25) is 4.79 Å². The Balaban J connectivity index is 1.82. The number of hydrogen-bond donors (Lipinski definition) is 2. The largest absolute Gasteiger partial charge is 0.321 e. The van der Waals surface area contributed by atoms with Crippen molar-refractivity contribution >= 4 is 20.9 Å². The molecule has 0 unspecified atom stereocenters. The molecule has 2 aromatic carbocycles. The monoisotopic (exact) mass is 356 g/mol. The van der Waals surface area contributed by atoms with Crippen molar-refractivity contribution in [3.8, 4) is 0 Å². The first kappa shape index (κ1) is 17.4. The van der Waals surface area contributed by atoms with Gasteiger partial charge in [0.25, 0.3) is 5.56 Å². The zero-order valence-electron chi connectivity index (χ0n) is 14.2. The van der Waals surface area contributed by atoms with Crippen LogP contribution < -0.4 is 10.3 Å². The van der Waals surface area contributed by atoms with Gasteiger partial charge in [0.1, 0.15) is 0 Å². The van der Waals surface area contributed by atoms with Crippen molar-refractivity contribution in [3.63, 3.8) is 0 Å². The van der Waals surface area contributed by atoms with Crippen molar-refractivity contribution in [2.45, 2.75) is 26.1 Å². The number of aromatic amines is 1. The van der Waals surface area contributed by atoms with Crippen LogP contribution in [0.4, 0.5) is 0 Å². The van der Waals surface area contributed by atoms with Crippen LogP contribution in [0.1, 0.15) is 22.3 Å². The number of sulfonamides is 1. The van der Waals surface area contributed by atoms with Gasteiger partial charge in [0, 0.05) is 12.1 Å². The molecule has 0 spiro atoms. The lowest BCUT2D eigenvalue weighted by Crippen LogP contribution is -2.28. The number of H-pyrrole nitrogens is 1. The summed E-state index contributed by atoms with van der Waals surface area (Å²) in [5, 5.41) is 0.889. The van der Waals surface area contributed by atoms with E-state index in [0.29, 0.717) is 11.1 Å². The van der Waals surface area contributed by atoms with Crippen LogP contribution in [0.3, 0.4) is 0 Å². The molecule has 25 heavy (non-hydrogen) atoms. The molecule has 1 aromatic heterocycles. The minimum absolute atomic E-state index is 0.0344. The van der Waals surface area contributed by atoms with Gasteiger partial charge in [0.05, 0.1) is 11.3 Å². The highest BCUT2D eigenvalue weighted by atomic mass is 32.2. The predicted molar refractivity (Wildman–Crippen MR) is 99.9 cm³/mol. The van der Waals surface area contributed by atoms with E-state index in [9.17, 15) is 13.2 Å². The Morgan fingerprint density at radius 2 is 1.76 bits per heavy atom. The van der Waals surface area contributed by atoms with Gasteiger partial charge < -0.3 is 4.98 Å². The predicted octanol–water partition coefficient (Wildman–Crippen LogP) is 2.76. The Bertz CT molecular complexity index is 1070. The Labute approximate surface area is 146 Å². The lowest BCUT2D eigenvalue weighted by Gasteiger charge is -2.09. The van der Waals surface area contributed by atoms with Gasteiger partial charge in [-0.2, -0.15) is 0 Å². The molecular weight excluding hydrogens is 336 g/mol. The zero-order valence-corrected chi connectivity index (χ0v) is 15.0. The van der Waals surface area contributed by atoms with Crippen molar-refractivity contribution in [2.75, 3.05) is 0 Å². The van der Waals surface area contributed by atoms with Gasteiger partial charge in [-0.1, -0.05) is 42.5 Å². The highest BCUT2D eigenvalue weighted by Gasteiger charge is 2.13. The number of rotatable bonds is 5. The summed E-state index contributed by atoms with van der Waals surface area (Å²) < 4.78 is 27.0. The summed E-state index contributed by atoms with van der Waals surface area (Å²) in [6.07, 6.45) is 0. The van der Waals surface area contributed by atoms with E-state index in [1.807, 2.05) is 32.0 Å². The number of fused-ring (bicyclic) bond motifs is 1. The van der Waals surface area contributed by atoms with Gasteiger partial charge in [-0.15, -0.1) is 0 Å². The minimum atomic E-state index is -3.52. The summed E-state index contributed by atoms with van der Waals surface area (Å²) in [7, 11) is -3.52. The molecule has 0 atom stereocenters. The zero-order chi connectivity index (χ0) is 18.0. The van der Waals surface area contributed by atoms with Crippen molar-refractivity contribution in [1.82, 2.24) is 9.71 Å². The Kier molecular flexibility index (Phi) is 4.74. The third-order valence-electron chi connectivity index (χ3n) is 4.31. The van der Waals surface area contributed by atoms with E-state index in [2.05, 4.69) is 9.71 Å². The van der Waals surface area contributed by atoms with Crippen molar-refractivity contribution < 1.29 is 8.42 Å². The van der Waals surface area contributed by atoms with E-state index in [-0.39, 0.29) is 17.9 Å². The molecule has 0 saturated heterocycles. The molecule has 0 fully saturated rings. The average Bonchev–Trinajstić information content (AvgIpc) is 2.58. The maximum atomic E-state index is 12.3. The fraction of sp³-hybridized carbons (Fsp3) is 0.211. The molecule has 0 aliphatic rings. The number of hydrogen-bond acceptors (Lipinski definition) is 3. The van der Waals surface area contributed by atoms with Crippen molar-refractivity contribution in [3.05, 3.63) is 81.1 Å². The minimum Gasteiger partial charge on any atom is -0.321 e. The molecule has 0 saturated carbocycles. The Morgan fingerprint density at radius 1 is 1.04 bits per heavy atom. The first-order chi connectivity index (χ1) is 11.9. The number of nitrogens with one attached hydrogen (secondary N) is 2. The van der Waals surface area contributed by atoms with Crippen molar-refractivity contribution in [1.29, 1.82) is 0 Å². The van der Waals surface area contributed by atoms with Gasteiger partial charge >= 0.3 is 0 Å². The summed E-state index contributed by atoms with van der Waals surface area (Å²) >= 11 is 0. The van der Waals surface area contributed by atoms with Crippen LogP contribution in [0.25, 0.3) is 10.9 Å². The lowest BCUT2D eigenvalue weighted by molar-refractivity contribution is 0.580. The normalized spacial score (nSPS) is 11.8. The van der Waals surface area contributed by atoms with E-state index < -0.39 is 10.0 Å². The molecule has 2 N–H and O–H groups in total. The molecule has 0 aliphatic carbocycles. The fourth-order valence-corrected chi connectivity index (χ4v) is 3.84. The summed E-state index contributed by atoms with van der Waals surface area (Å²) in [6, 6.07) is 14.6. The first-order valence-electron chi connectivity index (χ1n) is 7.99. The number of aromatic nitrogens is 1. The second-order valence-corrected chi connectivity index (χ2v) is 7.97. The molecule has 5 nitrogen and oxygen atoms in total. The topological polar surface area (TPSA) is 79.0 Å². The van der Waals surface area contributed by atoms with E-state index in [1.165, 1.54) is 0 Å². The molecule has 3 aromatic rings. The highest BCUT2D eigenvalue weighted by molar-refractivity contribution is 7.88. The van der Waals surface area contributed by atoms with Gasteiger partial charge in [0.2, 0.25) is 10.0 Å². The molecule has 6 heteroatoms. The van der Waals surface area contributed by atoms with Crippen LogP contribution in [-0.2, 0) is 22.3 Å². The number of aryl methyl sites for hydroxylation is 2. The second-order valence-electron chi connectivity index (χ2n) is 6.16. The Hall–Kier alpha value is -2.44. The summed E-state index contributed by atoms with van der Waals surface area (Å²) in [5.41, 5.74) is 3.73. The molecule has 0 amide bonds. The fourth-order valence-electron chi connectivity index (χ4n) is 2.73. The maximum absolute atomic E-state index is 12.3. The second kappa shape index (κ2) is 6.82. The first-order valence-corrected chi connectivity index (χ1v) is 9.64. The number of pyridine rings is 1. The molecule has 0 bridgehead atoms. The molecule has 130 valence electrons.